The molecule has 0 spiro atoms. The first-order valence-electron chi connectivity index (χ1n) is 15.9. The Morgan fingerprint density at radius 1 is 0.723 bits per heavy atom. The van der Waals surface area contributed by atoms with E-state index >= 15 is 0 Å². The van der Waals surface area contributed by atoms with E-state index in [2.05, 4.69) is 10.6 Å². The van der Waals surface area contributed by atoms with Crippen molar-refractivity contribution >= 4 is 47.0 Å². The Kier molecular flexibility index (Phi) is 15.5. The van der Waals surface area contributed by atoms with Gasteiger partial charge in [0.1, 0.15) is 0 Å². The first kappa shape index (κ1) is 37.8. The summed E-state index contributed by atoms with van der Waals surface area (Å²) in [5, 5.41) is 33.6. The van der Waals surface area contributed by atoms with Crippen LogP contribution in [0.3, 0.4) is 0 Å². The summed E-state index contributed by atoms with van der Waals surface area (Å²) in [5.74, 6) is -3.77. The molecule has 2 aliphatic rings. The van der Waals surface area contributed by atoms with Crippen molar-refractivity contribution < 1.29 is 44.1 Å². The number of amides is 3. The van der Waals surface area contributed by atoms with E-state index < -0.39 is 17.9 Å². The molecule has 0 unspecified atom stereocenters. The number of fused-ring (bicyclic) bond motifs is 1. The molecule has 1 aromatic heterocycles. The lowest BCUT2D eigenvalue weighted by atomic mass is 10.1. The number of carboxylic acids is 3. The molecule has 3 amide bonds. The first-order chi connectivity index (χ1) is 22.4. The fourth-order valence-electron chi connectivity index (χ4n) is 5.45. The summed E-state index contributed by atoms with van der Waals surface area (Å²) >= 11 is 1.36. The number of aliphatic carboxylic acids is 3. The van der Waals surface area contributed by atoms with Gasteiger partial charge in [0, 0.05) is 76.9 Å². The van der Waals surface area contributed by atoms with E-state index in [1.54, 1.807) is 25.7 Å². The Bertz CT molecular complexity index is 1230. The highest BCUT2D eigenvalue weighted by atomic mass is 32.1. The van der Waals surface area contributed by atoms with Gasteiger partial charge in [-0.2, -0.15) is 0 Å². The lowest BCUT2D eigenvalue weighted by molar-refractivity contribution is -0.140. The summed E-state index contributed by atoms with van der Waals surface area (Å²) in [6.07, 6.45) is 2.41. The quantitative estimate of drug-likeness (QED) is 0.146. The Labute approximate surface area is 278 Å². The van der Waals surface area contributed by atoms with Crippen molar-refractivity contribution in [3.63, 3.8) is 0 Å². The number of carbonyl (C=O) groups is 6. The van der Waals surface area contributed by atoms with Crippen molar-refractivity contribution in [2.24, 2.45) is 0 Å². The van der Waals surface area contributed by atoms with Gasteiger partial charge in [-0.15, -0.1) is 11.3 Å². The van der Waals surface area contributed by atoms with Crippen molar-refractivity contribution in [2.75, 3.05) is 98.2 Å². The molecule has 1 fully saturated rings. The minimum atomic E-state index is -1.02. The zero-order valence-electron chi connectivity index (χ0n) is 26.9. The average molecular weight is 682 g/mol. The fraction of sp³-hybridized carbons (Fsp3) is 0.667. The summed E-state index contributed by atoms with van der Waals surface area (Å²) in [7, 11) is 0. The predicted molar refractivity (Wildman–Crippen MR) is 172 cm³/mol. The minimum absolute atomic E-state index is 0.0485. The normalized spacial score (nSPS) is 17.6. The minimum Gasteiger partial charge on any atom is -0.480 e. The maximum atomic E-state index is 13.5. The van der Waals surface area contributed by atoms with E-state index in [4.69, 9.17) is 0 Å². The number of carbonyl (C=O) groups excluding carboxylic acids is 3. The molecule has 0 radical (unpaired) electrons. The lowest BCUT2D eigenvalue weighted by Gasteiger charge is -2.34. The maximum absolute atomic E-state index is 13.5. The molecule has 0 aliphatic carbocycles. The van der Waals surface area contributed by atoms with Crippen LogP contribution in [0.5, 0.6) is 0 Å². The van der Waals surface area contributed by atoms with Crippen LogP contribution in [0.2, 0.25) is 0 Å². The molecule has 3 heterocycles. The first-order valence-corrected chi connectivity index (χ1v) is 16.7. The van der Waals surface area contributed by atoms with E-state index in [9.17, 15) is 44.1 Å². The van der Waals surface area contributed by atoms with Gasteiger partial charge in [0.2, 0.25) is 11.8 Å². The number of hydrogen-bond acceptors (Lipinski definition) is 11. The van der Waals surface area contributed by atoms with Crippen LogP contribution in [0.4, 0.5) is 0 Å². The van der Waals surface area contributed by atoms with E-state index in [-0.39, 0.29) is 50.4 Å². The zero-order valence-corrected chi connectivity index (χ0v) is 27.8. The van der Waals surface area contributed by atoms with Gasteiger partial charge < -0.3 is 30.9 Å². The summed E-state index contributed by atoms with van der Waals surface area (Å²) in [6.45, 7) is 5.15. The lowest BCUT2D eigenvalue weighted by Crippen LogP contribution is -2.50. The van der Waals surface area contributed by atoms with Crippen LogP contribution in [0.25, 0.3) is 0 Å². The number of nitrogens with zero attached hydrogens (tertiary/aromatic N) is 5. The van der Waals surface area contributed by atoms with Crippen molar-refractivity contribution in [3.05, 3.63) is 21.4 Å². The van der Waals surface area contributed by atoms with Crippen LogP contribution < -0.4 is 10.6 Å². The largest absolute Gasteiger partial charge is 0.480 e. The molecule has 0 aromatic carbocycles. The Balaban J connectivity index is 1.63. The fourth-order valence-corrected chi connectivity index (χ4v) is 6.53. The molecule has 262 valence electrons. The van der Waals surface area contributed by atoms with E-state index in [1.807, 2.05) is 11.8 Å². The predicted octanol–water partition coefficient (Wildman–Crippen LogP) is -1.25. The van der Waals surface area contributed by atoms with Crippen LogP contribution in [-0.2, 0) is 36.9 Å². The SMILES string of the molecule is CCCCNC(=O)CNC(=O)c1cc2c(s1)CCN(C(=O)CN1CCN(CC(=O)O)CCN(CC(=O)O)CCN(CC(=O)O)CC1)C2. The van der Waals surface area contributed by atoms with Gasteiger partial charge >= 0.3 is 17.9 Å². The van der Waals surface area contributed by atoms with Crippen LogP contribution in [-0.4, -0.2) is 174 Å². The number of unbranched alkanes of at least 4 members (excludes halogenated alkanes) is 1. The van der Waals surface area contributed by atoms with Gasteiger partial charge in [0.05, 0.1) is 37.6 Å². The van der Waals surface area contributed by atoms with Crippen LogP contribution in [0, 0.1) is 0 Å². The third-order valence-corrected chi connectivity index (χ3v) is 9.31. The van der Waals surface area contributed by atoms with Crippen molar-refractivity contribution in [3.8, 4) is 0 Å². The summed E-state index contributed by atoms with van der Waals surface area (Å²) in [6, 6.07) is 1.77. The molecule has 16 nitrogen and oxygen atoms in total. The Morgan fingerprint density at radius 2 is 1.21 bits per heavy atom. The highest BCUT2D eigenvalue weighted by molar-refractivity contribution is 7.14. The molecule has 0 bridgehead atoms. The average Bonchev–Trinajstić information content (AvgIpc) is 3.44. The van der Waals surface area contributed by atoms with Crippen molar-refractivity contribution in [1.29, 1.82) is 0 Å². The van der Waals surface area contributed by atoms with Gasteiger partial charge in [0.25, 0.3) is 5.91 Å². The summed E-state index contributed by atoms with van der Waals surface area (Å²) in [5.41, 5.74) is 0.882. The molecule has 1 saturated heterocycles. The zero-order chi connectivity index (χ0) is 34.3. The highest BCUT2D eigenvalue weighted by Crippen LogP contribution is 2.28. The van der Waals surface area contributed by atoms with Crippen molar-refractivity contribution in [2.45, 2.75) is 32.7 Å². The third-order valence-electron chi connectivity index (χ3n) is 8.07. The van der Waals surface area contributed by atoms with Crippen LogP contribution in [0.15, 0.2) is 6.07 Å². The standard InChI is InChI=1S/C30H47N7O9S/c1-2-3-5-31-25(38)16-32-30(46)24-15-22-17-37(6-4-23(22)47-24)26(39)18-33-7-9-34(19-27(40)41)11-13-36(21-29(44)45)14-12-35(10-8-33)20-28(42)43/h15H,2-14,16-21H2,1H3,(H,31,38)(H,32,46)(H,40,41)(H,42,43)(H,44,45). The second-order valence-corrected chi connectivity index (χ2v) is 12.9. The highest BCUT2D eigenvalue weighted by Gasteiger charge is 2.27. The Morgan fingerprint density at radius 3 is 1.68 bits per heavy atom. The van der Waals surface area contributed by atoms with Gasteiger partial charge in [-0.05, 0) is 24.5 Å². The van der Waals surface area contributed by atoms with Gasteiger partial charge in [-0.25, -0.2) is 0 Å². The number of rotatable bonds is 14. The van der Waals surface area contributed by atoms with Gasteiger partial charge in [-0.3, -0.25) is 48.4 Å². The molecule has 0 saturated carbocycles. The molecule has 47 heavy (non-hydrogen) atoms. The second-order valence-electron chi connectivity index (χ2n) is 11.8. The van der Waals surface area contributed by atoms with Crippen LogP contribution in [0.1, 0.15) is 39.9 Å². The summed E-state index contributed by atoms with van der Waals surface area (Å²) in [4.78, 5) is 82.9. The van der Waals surface area contributed by atoms with E-state index in [0.29, 0.717) is 83.3 Å². The summed E-state index contributed by atoms with van der Waals surface area (Å²) < 4.78 is 0. The molecule has 0 atom stereocenters. The van der Waals surface area contributed by atoms with E-state index in [0.717, 1.165) is 23.3 Å². The topological polar surface area (TPSA) is 203 Å². The van der Waals surface area contributed by atoms with Crippen LogP contribution >= 0.6 is 11.3 Å². The second kappa shape index (κ2) is 19.2. The molecular weight excluding hydrogens is 634 g/mol. The Hall–Kier alpha value is -3.64. The number of carboxylic acid groups (broad SMARTS) is 3. The van der Waals surface area contributed by atoms with Gasteiger partial charge in [-0.1, -0.05) is 13.3 Å². The molecule has 3 rings (SSSR count). The third kappa shape index (κ3) is 13.6. The molecular formula is C30H47N7O9S. The molecule has 5 N–H and O–H groups in total. The molecule has 17 heteroatoms. The number of thiophene rings is 1. The number of nitrogens with one attached hydrogen (secondary N) is 2. The maximum Gasteiger partial charge on any atom is 0.317 e. The number of hydrogen-bond donors (Lipinski definition) is 5. The van der Waals surface area contributed by atoms with Crippen molar-refractivity contribution in [1.82, 2.24) is 35.1 Å². The monoisotopic (exact) mass is 681 g/mol. The molecule has 1 aromatic rings. The molecule has 2 aliphatic heterocycles. The van der Waals surface area contributed by atoms with E-state index in [1.165, 1.54) is 11.3 Å². The smallest absolute Gasteiger partial charge is 0.317 e. The van der Waals surface area contributed by atoms with Gasteiger partial charge in [0.15, 0.2) is 0 Å².